The van der Waals surface area contributed by atoms with Crippen LogP contribution < -0.4 is 10.2 Å². The van der Waals surface area contributed by atoms with Crippen LogP contribution in [0.25, 0.3) is 11.3 Å². The van der Waals surface area contributed by atoms with Gasteiger partial charge in [-0.3, -0.25) is 0 Å². The highest BCUT2D eigenvalue weighted by atomic mass is 15.3. The minimum atomic E-state index is 0.840. The van der Waals surface area contributed by atoms with Crippen LogP contribution in [0.5, 0.6) is 0 Å². The highest BCUT2D eigenvalue weighted by molar-refractivity contribution is 5.61. The van der Waals surface area contributed by atoms with E-state index < -0.39 is 0 Å². The average molecular weight is 268 g/mol. The first-order valence-electron chi connectivity index (χ1n) is 7.19. The second-order valence-corrected chi connectivity index (χ2v) is 5.20. The van der Waals surface area contributed by atoms with Crippen LogP contribution in [0.15, 0.2) is 36.5 Å². The normalized spacial score (nSPS) is 15.9. The number of nitrogens with one attached hydrogen (secondary N) is 1. The molecule has 1 aromatic heterocycles. The summed E-state index contributed by atoms with van der Waals surface area (Å²) in [4.78, 5) is 11.4. The summed E-state index contributed by atoms with van der Waals surface area (Å²) in [7, 11) is 0. The molecule has 2 heterocycles. The predicted molar refractivity (Wildman–Crippen MR) is 81.9 cm³/mol. The van der Waals surface area contributed by atoms with Crippen LogP contribution in [0, 0.1) is 6.92 Å². The van der Waals surface area contributed by atoms with Gasteiger partial charge < -0.3 is 10.2 Å². The van der Waals surface area contributed by atoms with Crippen LogP contribution in [0.3, 0.4) is 0 Å². The molecule has 3 rings (SSSR count). The van der Waals surface area contributed by atoms with Gasteiger partial charge in [-0.2, -0.15) is 0 Å². The van der Waals surface area contributed by atoms with E-state index in [1.54, 1.807) is 0 Å². The van der Waals surface area contributed by atoms with Gasteiger partial charge in [0.1, 0.15) is 0 Å². The van der Waals surface area contributed by atoms with Crippen molar-refractivity contribution >= 4 is 5.95 Å². The summed E-state index contributed by atoms with van der Waals surface area (Å²) in [5, 5.41) is 3.40. The topological polar surface area (TPSA) is 41.1 Å². The van der Waals surface area contributed by atoms with Crippen LogP contribution in [-0.2, 0) is 0 Å². The zero-order chi connectivity index (χ0) is 13.8. The van der Waals surface area contributed by atoms with Gasteiger partial charge >= 0.3 is 0 Å². The second-order valence-electron chi connectivity index (χ2n) is 5.20. The molecule has 1 fully saturated rings. The number of benzene rings is 1. The maximum atomic E-state index is 4.74. The Morgan fingerprint density at radius 2 is 2.10 bits per heavy atom. The molecular weight excluding hydrogens is 248 g/mol. The Balaban J connectivity index is 1.89. The predicted octanol–water partition coefficient (Wildman–Crippen LogP) is 2.25. The summed E-state index contributed by atoms with van der Waals surface area (Å²) in [5.74, 6) is 0.840. The molecule has 0 unspecified atom stereocenters. The fourth-order valence-corrected chi connectivity index (χ4v) is 2.51. The van der Waals surface area contributed by atoms with Crippen molar-refractivity contribution in [3.63, 3.8) is 0 Å². The largest absolute Gasteiger partial charge is 0.339 e. The molecule has 0 aliphatic carbocycles. The van der Waals surface area contributed by atoms with Crippen molar-refractivity contribution in [2.45, 2.75) is 13.3 Å². The van der Waals surface area contributed by atoms with E-state index in [1.807, 2.05) is 12.3 Å². The van der Waals surface area contributed by atoms with Crippen LogP contribution in [0.4, 0.5) is 5.95 Å². The van der Waals surface area contributed by atoms with Crippen molar-refractivity contribution in [3.05, 3.63) is 42.1 Å². The number of hydrogen-bond acceptors (Lipinski definition) is 4. The van der Waals surface area contributed by atoms with Crippen LogP contribution >= 0.6 is 0 Å². The molecule has 0 radical (unpaired) electrons. The van der Waals surface area contributed by atoms with Crippen LogP contribution in [-0.4, -0.2) is 36.1 Å². The average Bonchev–Trinajstić information content (AvgIpc) is 2.76. The fourth-order valence-electron chi connectivity index (χ4n) is 2.51. The van der Waals surface area contributed by atoms with E-state index in [9.17, 15) is 0 Å². The summed E-state index contributed by atoms with van der Waals surface area (Å²) < 4.78 is 0. The van der Waals surface area contributed by atoms with Crippen molar-refractivity contribution in [2.75, 3.05) is 31.1 Å². The third kappa shape index (κ3) is 2.96. The van der Waals surface area contributed by atoms with Crippen molar-refractivity contribution in [2.24, 2.45) is 0 Å². The highest BCUT2D eigenvalue weighted by Crippen LogP contribution is 2.20. The smallest absolute Gasteiger partial charge is 0.225 e. The molecule has 1 aliphatic rings. The van der Waals surface area contributed by atoms with Gasteiger partial charge in [-0.25, -0.2) is 9.97 Å². The number of nitrogens with zero attached hydrogens (tertiary/aromatic N) is 3. The van der Waals surface area contributed by atoms with E-state index >= 15 is 0 Å². The quantitative estimate of drug-likeness (QED) is 0.907. The lowest BCUT2D eigenvalue weighted by Crippen LogP contribution is -2.29. The lowest BCUT2D eigenvalue weighted by molar-refractivity contribution is 0.724. The maximum Gasteiger partial charge on any atom is 0.225 e. The van der Waals surface area contributed by atoms with Gasteiger partial charge in [0, 0.05) is 31.4 Å². The molecule has 2 aromatic rings. The first kappa shape index (κ1) is 13.1. The van der Waals surface area contributed by atoms with Gasteiger partial charge in [-0.1, -0.05) is 23.8 Å². The van der Waals surface area contributed by atoms with Crippen LogP contribution in [0.2, 0.25) is 0 Å². The molecule has 1 aromatic carbocycles. The SMILES string of the molecule is Cc1cccc(-c2ccnc(N3CCCNCC3)n2)c1. The Morgan fingerprint density at radius 1 is 1.15 bits per heavy atom. The Hall–Kier alpha value is -1.94. The van der Waals surface area contributed by atoms with Gasteiger partial charge in [0.05, 0.1) is 5.69 Å². The maximum absolute atomic E-state index is 4.74. The van der Waals surface area contributed by atoms with Crippen molar-refractivity contribution in [3.8, 4) is 11.3 Å². The number of hydrogen-bond donors (Lipinski definition) is 1. The highest BCUT2D eigenvalue weighted by Gasteiger charge is 2.12. The van der Waals surface area contributed by atoms with Crippen molar-refractivity contribution in [1.82, 2.24) is 15.3 Å². The zero-order valence-corrected chi connectivity index (χ0v) is 11.8. The minimum absolute atomic E-state index is 0.840. The summed E-state index contributed by atoms with van der Waals surface area (Å²) >= 11 is 0. The fraction of sp³-hybridized carbons (Fsp3) is 0.375. The third-order valence-electron chi connectivity index (χ3n) is 3.58. The number of aryl methyl sites for hydroxylation is 1. The third-order valence-corrected chi connectivity index (χ3v) is 3.58. The van der Waals surface area contributed by atoms with E-state index in [1.165, 1.54) is 5.56 Å². The van der Waals surface area contributed by atoms with E-state index in [-0.39, 0.29) is 0 Å². The molecule has 0 bridgehead atoms. The summed E-state index contributed by atoms with van der Waals surface area (Å²) in [6, 6.07) is 10.4. The lowest BCUT2D eigenvalue weighted by atomic mass is 10.1. The molecule has 0 amide bonds. The second kappa shape index (κ2) is 6.01. The molecule has 0 atom stereocenters. The standard InChI is InChI=1S/C16H20N4/c1-13-4-2-5-14(12-13)15-6-8-18-16(19-15)20-10-3-7-17-9-11-20/h2,4-6,8,12,17H,3,7,9-11H2,1H3. The number of anilines is 1. The molecular formula is C16H20N4. The summed E-state index contributed by atoms with van der Waals surface area (Å²) in [5.41, 5.74) is 3.40. The van der Waals surface area contributed by atoms with Crippen molar-refractivity contribution in [1.29, 1.82) is 0 Å². The molecule has 4 nitrogen and oxygen atoms in total. The molecule has 4 heteroatoms. The number of aromatic nitrogens is 2. The zero-order valence-electron chi connectivity index (χ0n) is 11.8. The molecule has 0 saturated carbocycles. The van der Waals surface area contributed by atoms with Gasteiger partial charge in [0.2, 0.25) is 5.95 Å². The monoisotopic (exact) mass is 268 g/mol. The molecule has 1 aliphatic heterocycles. The van der Waals surface area contributed by atoms with E-state index in [0.717, 1.165) is 49.8 Å². The summed E-state index contributed by atoms with van der Waals surface area (Å²) in [6.07, 6.45) is 3.00. The van der Waals surface area contributed by atoms with E-state index in [2.05, 4.69) is 46.4 Å². The molecule has 0 spiro atoms. The Labute approximate surface area is 119 Å². The minimum Gasteiger partial charge on any atom is -0.339 e. The number of rotatable bonds is 2. The van der Waals surface area contributed by atoms with Gasteiger partial charge in [0.15, 0.2) is 0 Å². The Kier molecular flexibility index (Phi) is 3.92. The first-order chi connectivity index (χ1) is 9.83. The lowest BCUT2D eigenvalue weighted by Gasteiger charge is -2.20. The Bertz CT molecular complexity index is 574. The summed E-state index contributed by atoms with van der Waals surface area (Å²) in [6.45, 7) is 6.17. The Morgan fingerprint density at radius 3 is 3.00 bits per heavy atom. The molecule has 1 saturated heterocycles. The molecule has 20 heavy (non-hydrogen) atoms. The van der Waals surface area contributed by atoms with Gasteiger partial charge in [0.25, 0.3) is 0 Å². The van der Waals surface area contributed by atoms with E-state index in [0.29, 0.717) is 0 Å². The van der Waals surface area contributed by atoms with Gasteiger partial charge in [-0.15, -0.1) is 0 Å². The van der Waals surface area contributed by atoms with E-state index in [4.69, 9.17) is 4.98 Å². The van der Waals surface area contributed by atoms with Crippen molar-refractivity contribution < 1.29 is 0 Å². The first-order valence-corrected chi connectivity index (χ1v) is 7.19. The molecule has 1 N–H and O–H groups in total. The molecule has 104 valence electrons. The van der Waals surface area contributed by atoms with Gasteiger partial charge in [-0.05, 0) is 32.0 Å². The van der Waals surface area contributed by atoms with Crippen LogP contribution in [0.1, 0.15) is 12.0 Å².